The molecule has 1 aromatic rings. The van der Waals surface area contributed by atoms with E-state index in [1.165, 1.54) is 0 Å². The molecule has 10 nitrogen and oxygen atoms in total. The number of carbonyl (C=O) groups excluding carboxylic acids is 2. The molecule has 1 aromatic carbocycles. The molecule has 41 heavy (non-hydrogen) atoms. The number of aliphatic hydroxyl groups excluding tert-OH is 2. The second kappa shape index (κ2) is 19.0. The fraction of sp³-hybridized carbons (Fsp3) is 0.613. The van der Waals surface area contributed by atoms with Crippen molar-refractivity contribution < 1.29 is 34.5 Å². The molecule has 0 radical (unpaired) electrons. The predicted molar refractivity (Wildman–Crippen MR) is 155 cm³/mol. The van der Waals surface area contributed by atoms with E-state index in [4.69, 9.17) is 4.74 Å². The first-order valence-electron chi connectivity index (χ1n) is 14.8. The Hall–Kier alpha value is -3.24. The van der Waals surface area contributed by atoms with Crippen LogP contribution in [0.25, 0.3) is 0 Å². The Bertz CT molecular complexity index is 984. The van der Waals surface area contributed by atoms with Gasteiger partial charge in [0.1, 0.15) is 6.10 Å². The van der Waals surface area contributed by atoms with Crippen molar-refractivity contribution in [2.75, 3.05) is 6.54 Å². The maximum Gasteiger partial charge on any atom is 0.335 e. The van der Waals surface area contributed by atoms with Gasteiger partial charge in [0.25, 0.3) is 5.09 Å². The third-order valence-electron chi connectivity index (χ3n) is 7.31. The number of hydrogen-bond acceptors (Lipinski definition) is 8. The molecule has 2 rings (SSSR count). The lowest BCUT2D eigenvalue weighted by molar-refractivity contribution is -0.765. The SMILES string of the molecule is CCCCC(O[N+](=O)[O-])C(=O)O[C@H](/C=C/[C@@H]1[C@@H](C/C=C\CCCC(=O)NCC)[C@@H](O)C[C@H]1O)CCc1ccccc1. The molecule has 228 valence electrons. The first kappa shape index (κ1) is 34.0. The van der Waals surface area contributed by atoms with Gasteiger partial charge in [-0.2, -0.15) is 0 Å². The van der Waals surface area contributed by atoms with Crippen LogP contribution in [-0.2, 0) is 25.6 Å². The smallest absolute Gasteiger partial charge is 0.335 e. The minimum Gasteiger partial charge on any atom is -0.456 e. The number of amides is 1. The molecular formula is C31H46N2O8. The number of unbranched alkanes of at least 4 members (excludes halogenated alkanes) is 2. The Morgan fingerprint density at radius 3 is 2.56 bits per heavy atom. The second-order valence-corrected chi connectivity index (χ2v) is 10.5. The van der Waals surface area contributed by atoms with E-state index in [0.29, 0.717) is 38.6 Å². The Morgan fingerprint density at radius 1 is 1.12 bits per heavy atom. The first-order chi connectivity index (χ1) is 19.7. The van der Waals surface area contributed by atoms with Gasteiger partial charge in [0, 0.05) is 25.3 Å². The number of carbonyl (C=O) groups is 2. The number of rotatable bonds is 19. The highest BCUT2D eigenvalue weighted by molar-refractivity contribution is 5.75. The monoisotopic (exact) mass is 574 g/mol. The van der Waals surface area contributed by atoms with E-state index in [2.05, 4.69) is 10.2 Å². The number of aryl methyl sites for hydroxylation is 1. The van der Waals surface area contributed by atoms with Crippen LogP contribution < -0.4 is 5.32 Å². The summed E-state index contributed by atoms with van der Waals surface area (Å²) in [5.41, 5.74) is 1.05. The molecule has 0 heterocycles. The molecule has 6 atom stereocenters. The summed E-state index contributed by atoms with van der Waals surface area (Å²) in [6.07, 6.45) is 9.33. The van der Waals surface area contributed by atoms with E-state index in [1.807, 2.05) is 56.3 Å². The number of benzene rings is 1. The molecule has 1 aliphatic carbocycles. The van der Waals surface area contributed by atoms with Crippen molar-refractivity contribution in [1.29, 1.82) is 0 Å². The van der Waals surface area contributed by atoms with Crippen molar-refractivity contribution in [1.82, 2.24) is 5.32 Å². The van der Waals surface area contributed by atoms with Crippen LogP contribution in [0.5, 0.6) is 0 Å². The average molecular weight is 575 g/mol. The molecule has 1 amide bonds. The first-order valence-corrected chi connectivity index (χ1v) is 14.8. The second-order valence-electron chi connectivity index (χ2n) is 10.5. The number of ether oxygens (including phenoxy) is 1. The number of nitrogens with zero attached hydrogens (tertiary/aromatic N) is 1. The van der Waals surface area contributed by atoms with Crippen molar-refractivity contribution in [2.45, 2.75) is 102 Å². The largest absolute Gasteiger partial charge is 0.456 e. The van der Waals surface area contributed by atoms with E-state index in [9.17, 15) is 29.9 Å². The van der Waals surface area contributed by atoms with Crippen LogP contribution in [0.1, 0.15) is 77.2 Å². The van der Waals surface area contributed by atoms with Crippen LogP contribution >= 0.6 is 0 Å². The molecule has 1 aliphatic rings. The van der Waals surface area contributed by atoms with Gasteiger partial charge < -0.3 is 20.3 Å². The van der Waals surface area contributed by atoms with Gasteiger partial charge in [0.05, 0.1) is 12.2 Å². The highest BCUT2D eigenvalue weighted by atomic mass is 17.0. The van der Waals surface area contributed by atoms with E-state index in [0.717, 1.165) is 24.8 Å². The maximum atomic E-state index is 12.9. The quantitative estimate of drug-likeness (QED) is 0.0721. The van der Waals surface area contributed by atoms with Crippen LogP contribution in [0.3, 0.4) is 0 Å². The summed E-state index contributed by atoms with van der Waals surface area (Å²) < 4.78 is 5.71. The van der Waals surface area contributed by atoms with Gasteiger partial charge in [-0.15, -0.1) is 10.1 Å². The van der Waals surface area contributed by atoms with Crippen molar-refractivity contribution in [3.63, 3.8) is 0 Å². The molecule has 1 fully saturated rings. The standard InChI is InChI=1S/C31H46N2O8/c1-3-5-16-29(41-33(38)39)31(37)40-24(19-18-23-13-9-8-10-14-23)20-21-26-25(27(34)22-28(26)35)15-11-6-7-12-17-30(36)32-4-2/h6,8-11,13-14,20-21,24-29,34-35H,3-5,7,12,15-19,22H2,1-2H3,(H,32,36)/b11-6-,21-20+/t24-,25+,26+,27-,28+,29?/m0/s1. The minimum absolute atomic E-state index is 0.0320. The predicted octanol–water partition coefficient (Wildman–Crippen LogP) is 4.46. The fourth-order valence-electron chi connectivity index (χ4n) is 5.08. The van der Waals surface area contributed by atoms with Gasteiger partial charge in [0.15, 0.2) is 0 Å². The number of hydrogen-bond donors (Lipinski definition) is 3. The zero-order valence-electron chi connectivity index (χ0n) is 24.2. The third-order valence-corrected chi connectivity index (χ3v) is 7.31. The lowest BCUT2D eigenvalue weighted by Gasteiger charge is -2.22. The van der Waals surface area contributed by atoms with Gasteiger partial charge in [-0.25, -0.2) is 4.79 Å². The lowest BCUT2D eigenvalue weighted by atomic mass is 9.89. The molecule has 1 saturated carbocycles. The Balaban J connectivity index is 2.08. The van der Waals surface area contributed by atoms with Gasteiger partial charge >= 0.3 is 5.97 Å². The number of aliphatic hydroxyl groups is 2. The molecule has 0 aromatic heterocycles. The highest BCUT2D eigenvalue weighted by Crippen LogP contribution is 2.36. The Morgan fingerprint density at radius 2 is 1.88 bits per heavy atom. The van der Waals surface area contributed by atoms with Crippen molar-refractivity contribution in [3.05, 3.63) is 70.3 Å². The van der Waals surface area contributed by atoms with Gasteiger partial charge in [-0.05, 0) is 63.0 Å². The summed E-state index contributed by atoms with van der Waals surface area (Å²) in [5, 5.41) is 34.1. The average Bonchev–Trinajstić information content (AvgIpc) is 3.21. The topological polar surface area (TPSA) is 148 Å². The number of allylic oxidation sites excluding steroid dienone is 2. The van der Waals surface area contributed by atoms with E-state index >= 15 is 0 Å². The molecule has 0 bridgehead atoms. The van der Waals surface area contributed by atoms with Gasteiger partial charge in [-0.3, -0.25) is 9.63 Å². The molecule has 0 spiro atoms. The Labute approximate surface area is 242 Å². The summed E-state index contributed by atoms with van der Waals surface area (Å²) in [6.45, 7) is 4.41. The third kappa shape index (κ3) is 12.9. The van der Waals surface area contributed by atoms with E-state index in [1.54, 1.807) is 12.2 Å². The maximum absolute atomic E-state index is 12.9. The van der Waals surface area contributed by atoms with E-state index < -0.39 is 35.5 Å². The fourth-order valence-corrected chi connectivity index (χ4v) is 5.08. The summed E-state index contributed by atoms with van der Waals surface area (Å²) in [6, 6.07) is 9.70. The molecule has 1 unspecified atom stereocenters. The van der Waals surface area contributed by atoms with Crippen molar-refractivity contribution in [3.8, 4) is 0 Å². The summed E-state index contributed by atoms with van der Waals surface area (Å²) in [5.74, 6) is -1.34. The number of nitrogens with one attached hydrogen (secondary N) is 1. The van der Waals surface area contributed by atoms with Crippen LogP contribution in [0.15, 0.2) is 54.6 Å². The van der Waals surface area contributed by atoms with Crippen LogP contribution in [-0.4, -0.2) is 58.1 Å². The summed E-state index contributed by atoms with van der Waals surface area (Å²) >= 11 is 0. The van der Waals surface area contributed by atoms with E-state index in [-0.39, 0.29) is 30.6 Å². The molecule has 10 heteroatoms. The van der Waals surface area contributed by atoms with Crippen LogP contribution in [0.4, 0.5) is 0 Å². The molecular weight excluding hydrogens is 528 g/mol. The number of esters is 1. The van der Waals surface area contributed by atoms with Crippen molar-refractivity contribution in [2.24, 2.45) is 11.8 Å². The minimum atomic E-state index is -1.30. The molecule has 3 N–H and O–H groups in total. The zero-order chi connectivity index (χ0) is 30.0. The summed E-state index contributed by atoms with van der Waals surface area (Å²) in [7, 11) is 0. The van der Waals surface area contributed by atoms with Gasteiger partial charge in [0.2, 0.25) is 12.0 Å². The summed E-state index contributed by atoms with van der Waals surface area (Å²) in [4.78, 5) is 40.1. The van der Waals surface area contributed by atoms with Crippen LogP contribution in [0, 0.1) is 22.0 Å². The zero-order valence-corrected chi connectivity index (χ0v) is 24.2. The highest BCUT2D eigenvalue weighted by Gasteiger charge is 2.39. The van der Waals surface area contributed by atoms with Crippen molar-refractivity contribution >= 4 is 11.9 Å². The molecule has 0 aliphatic heterocycles. The van der Waals surface area contributed by atoms with Gasteiger partial charge in [-0.1, -0.05) is 68.3 Å². The Kier molecular flexibility index (Phi) is 15.7. The lowest BCUT2D eigenvalue weighted by Crippen LogP contribution is -2.32. The normalized spacial score (nSPS) is 22.0. The molecule has 0 saturated heterocycles. The van der Waals surface area contributed by atoms with Crippen LogP contribution in [0.2, 0.25) is 0 Å².